The van der Waals surface area contributed by atoms with Crippen LogP contribution in [0.25, 0.3) is 0 Å². The predicted molar refractivity (Wildman–Crippen MR) is 56.7 cm³/mol. The van der Waals surface area contributed by atoms with Gasteiger partial charge in [0.1, 0.15) is 0 Å². The van der Waals surface area contributed by atoms with E-state index >= 15 is 0 Å². The molecular formula is C12H15NO2. The van der Waals surface area contributed by atoms with Gasteiger partial charge in [-0.1, -0.05) is 19.9 Å². The molecule has 2 rings (SSSR count). The number of carboxylic acid groups (broad SMARTS) is 1. The number of hydrogen-bond acceptors (Lipinski definition) is 2. The second-order valence-corrected chi connectivity index (χ2v) is 4.96. The van der Waals surface area contributed by atoms with Gasteiger partial charge in [-0.2, -0.15) is 0 Å². The molecule has 80 valence electrons. The lowest BCUT2D eigenvalue weighted by Gasteiger charge is -2.15. The molecule has 1 fully saturated rings. The summed E-state index contributed by atoms with van der Waals surface area (Å²) in [5, 5.41) is 9.33. The maximum absolute atomic E-state index is 11.4. The first-order valence-corrected chi connectivity index (χ1v) is 5.07. The molecule has 1 aliphatic carbocycles. The summed E-state index contributed by atoms with van der Waals surface area (Å²) in [5.41, 5.74) is 0.868. The van der Waals surface area contributed by atoms with Crippen molar-refractivity contribution < 1.29 is 9.90 Å². The quantitative estimate of drug-likeness (QED) is 0.804. The van der Waals surface area contributed by atoms with E-state index in [-0.39, 0.29) is 5.41 Å². The van der Waals surface area contributed by atoms with Gasteiger partial charge < -0.3 is 5.11 Å². The minimum atomic E-state index is -0.738. The Bertz CT molecular complexity index is 408. The van der Waals surface area contributed by atoms with Crippen molar-refractivity contribution in [3.8, 4) is 0 Å². The molecule has 3 heteroatoms. The van der Waals surface area contributed by atoms with Crippen molar-refractivity contribution in [1.82, 2.24) is 4.98 Å². The number of carboxylic acids is 1. The molecule has 1 aliphatic rings. The Labute approximate surface area is 89.2 Å². The SMILES string of the molecule is Cc1ccc(C2(C(=O)O)CC2(C)C)cn1. The molecule has 0 spiro atoms. The highest BCUT2D eigenvalue weighted by atomic mass is 16.4. The van der Waals surface area contributed by atoms with E-state index in [1.165, 1.54) is 0 Å². The average molecular weight is 205 g/mol. The third kappa shape index (κ3) is 1.26. The lowest BCUT2D eigenvalue weighted by molar-refractivity contribution is -0.141. The molecule has 1 atom stereocenters. The number of carbonyl (C=O) groups is 1. The molecule has 0 saturated heterocycles. The first kappa shape index (κ1) is 10.1. The van der Waals surface area contributed by atoms with Crippen LogP contribution in [-0.4, -0.2) is 16.1 Å². The highest BCUT2D eigenvalue weighted by Crippen LogP contribution is 2.64. The van der Waals surface area contributed by atoms with Gasteiger partial charge in [-0.05, 0) is 30.4 Å². The second-order valence-electron chi connectivity index (χ2n) is 4.96. The molecule has 1 saturated carbocycles. The molecule has 15 heavy (non-hydrogen) atoms. The summed E-state index contributed by atoms with van der Waals surface area (Å²) in [4.78, 5) is 15.5. The molecule has 1 N–H and O–H groups in total. The van der Waals surface area contributed by atoms with Gasteiger partial charge in [0.2, 0.25) is 0 Å². The number of aryl methyl sites for hydroxylation is 1. The van der Waals surface area contributed by atoms with Crippen LogP contribution >= 0.6 is 0 Å². The lowest BCUT2D eigenvalue weighted by Crippen LogP contribution is -2.25. The van der Waals surface area contributed by atoms with E-state index in [9.17, 15) is 9.90 Å². The second kappa shape index (κ2) is 2.81. The molecule has 1 heterocycles. The molecular weight excluding hydrogens is 190 g/mol. The maximum Gasteiger partial charge on any atom is 0.314 e. The number of nitrogens with zero attached hydrogens (tertiary/aromatic N) is 1. The Kier molecular flexibility index (Phi) is 1.90. The molecule has 0 bridgehead atoms. The normalized spacial score (nSPS) is 27.4. The minimum Gasteiger partial charge on any atom is -0.481 e. The molecule has 0 radical (unpaired) electrons. The fraction of sp³-hybridized carbons (Fsp3) is 0.500. The van der Waals surface area contributed by atoms with Crippen LogP contribution in [0.5, 0.6) is 0 Å². The van der Waals surface area contributed by atoms with Crippen LogP contribution in [0, 0.1) is 12.3 Å². The standard InChI is InChI=1S/C12H15NO2/c1-8-4-5-9(6-13-8)12(10(14)15)7-11(12,2)3/h4-6H,7H2,1-3H3,(H,14,15). The predicted octanol–water partition coefficient (Wildman–Crippen LogP) is 2.14. The van der Waals surface area contributed by atoms with Crippen molar-refractivity contribution in [3.63, 3.8) is 0 Å². The zero-order valence-electron chi connectivity index (χ0n) is 9.24. The van der Waals surface area contributed by atoms with Gasteiger partial charge in [-0.3, -0.25) is 9.78 Å². The van der Waals surface area contributed by atoms with E-state index < -0.39 is 11.4 Å². The molecule has 1 unspecified atom stereocenters. The summed E-state index contributed by atoms with van der Waals surface area (Å²) in [6.45, 7) is 5.87. The summed E-state index contributed by atoms with van der Waals surface area (Å²) in [7, 11) is 0. The maximum atomic E-state index is 11.4. The number of rotatable bonds is 2. The smallest absolute Gasteiger partial charge is 0.314 e. The summed E-state index contributed by atoms with van der Waals surface area (Å²) in [6, 6.07) is 3.75. The number of hydrogen-bond donors (Lipinski definition) is 1. The Morgan fingerprint density at radius 2 is 2.07 bits per heavy atom. The number of pyridine rings is 1. The van der Waals surface area contributed by atoms with E-state index in [1.807, 2.05) is 32.9 Å². The minimum absolute atomic E-state index is 0.157. The third-order valence-corrected chi connectivity index (χ3v) is 3.51. The van der Waals surface area contributed by atoms with Crippen molar-refractivity contribution in [2.24, 2.45) is 5.41 Å². The van der Waals surface area contributed by atoms with Crippen LogP contribution in [0.2, 0.25) is 0 Å². The first-order chi connectivity index (χ1) is 6.90. The van der Waals surface area contributed by atoms with Crippen LogP contribution in [0.4, 0.5) is 0 Å². The lowest BCUT2D eigenvalue weighted by atomic mass is 9.89. The fourth-order valence-corrected chi connectivity index (χ4v) is 2.32. The molecule has 1 aromatic rings. The van der Waals surface area contributed by atoms with Crippen molar-refractivity contribution in [2.45, 2.75) is 32.6 Å². The van der Waals surface area contributed by atoms with Crippen LogP contribution in [-0.2, 0) is 10.2 Å². The van der Waals surface area contributed by atoms with Crippen LogP contribution < -0.4 is 0 Å². The summed E-state index contributed by atoms with van der Waals surface area (Å²) < 4.78 is 0. The highest BCUT2D eigenvalue weighted by Gasteiger charge is 2.67. The van der Waals surface area contributed by atoms with Crippen molar-refractivity contribution in [1.29, 1.82) is 0 Å². The van der Waals surface area contributed by atoms with Gasteiger partial charge in [0, 0.05) is 11.9 Å². The zero-order chi connectivity index (χ0) is 11.3. The van der Waals surface area contributed by atoms with Gasteiger partial charge in [0.05, 0.1) is 5.41 Å². The average Bonchev–Trinajstić information content (AvgIpc) is 2.72. The fourth-order valence-electron chi connectivity index (χ4n) is 2.32. The molecule has 0 amide bonds. The van der Waals surface area contributed by atoms with E-state index in [1.54, 1.807) is 6.20 Å². The summed E-state index contributed by atoms with van der Waals surface area (Å²) in [6.07, 6.45) is 2.39. The van der Waals surface area contributed by atoms with Gasteiger partial charge in [0.15, 0.2) is 0 Å². The molecule has 1 aromatic heterocycles. The van der Waals surface area contributed by atoms with E-state index in [0.717, 1.165) is 11.3 Å². The van der Waals surface area contributed by atoms with Crippen molar-refractivity contribution in [2.75, 3.05) is 0 Å². The Morgan fingerprint density at radius 1 is 1.47 bits per heavy atom. The van der Waals surface area contributed by atoms with E-state index in [4.69, 9.17) is 0 Å². The van der Waals surface area contributed by atoms with Crippen LogP contribution in [0.1, 0.15) is 31.5 Å². The van der Waals surface area contributed by atoms with E-state index in [2.05, 4.69) is 4.98 Å². The summed E-state index contributed by atoms with van der Waals surface area (Å²) in [5.74, 6) is -0.738. The first-order valence-electron chi connectivity index (χ1n) is 5.07. The Balaban J connectivity index is 2.45. The third-order valence-electron chi connectivity index (χ3n) is 3.51. The monoisotopic (exact) mass is 205 g/mol. The number of aromatic nitrogens is 1. The molecule has 0 aromatic carbocycles. The largest absolute Gasteiger partial charge is 0.481 e. The molecule has 3 nitrogen and oxygen atoms in total. The Hall–Kier alpha value is -1.38. The summed E-state index contributed by atoms with van der Waals surface area (Å²) >= 11 is 0. The van der Waals surface area contributed by atoms with Crippen LogP contribution in [0.3, 0.4) is 0 Å². The zero-order valence-corrected chi connectivity index (χ0v) is 9.24. The van der Waals surface area contributed by atoms with Gasteiger partial charge in [-0.25, -0.2) is 0 Å². The topological polar surface area (TPSA) is 50.2 Å². The van der Waals surface area contributed by atoms with Gasteiger partial charge in [0.25, 0.3) is 0 Å². The molecule has 0 aliphatic heterocycles. The van der Waals surface area contributed by atoms with Crippen molar-refractivity contribution in [3.05, 3.63) is 29.6 Å². The van der Waals surface area contributed by atoms with Gasteiger partial charge in [-0.15, -0.1) is 0 Å². The van der Waals surface area contributed by atoms with Crippen LogP contribution in [0.15, 0.2) is 18.3 Å². The van der Waals surface area contributed by atoms with E-state index in [0.29, 0.717) is 6.42 Å². The van der Waals surface area contributed by atoms with Gasteiger partial charge >= 0.3 is 5.97 Å². The van der Waals surface area contributed by atoms with Crippen molar-refractivity contribution >= 4 is 5.97 Å². The highest BCUT2D eigenvalue weighted by molar-refractivity contribution is 5.86. The number of aliphatic carboxylic acids is 1. The Morgan fingerprint density at radius 3 is 2.40 bits per heavy atom.